The van der Waals surface area contributed by atoms with E-state index in [1.165, 1.54) is 11.3 Å². The SMILES string of the molecule is CCCNC(=O)c1cc(-c2csc(-c3cnccn3)n2)n2ccccc12. The molecule has 4 rings (SSSR count). The van der Waals surface area contributed by atoms with E-state index in [0.29, 0.717) is 12.1 Å². The van der Waals surface area contributed by atoms with Gasteiger partial charge in [-0.25, -0.2) is 4.98 Å². The minimum absolute atomic E-state index is 0.0637. The molecule has 0 aliphatic carbocycles. The van der Waals surface area contributed by atoms with Crippen molar-refractivity contribution < 1.29 is 4.79 Å². The number of carbonyl (C=O) groups excluding carboxylic acids is 1. The summed E-state index contributed by atoms with van der Waals surface area (Å²) in [4.78, 5) is 25.6. The molecule has 0 atom stereocenters. The fraction of sp³-hybridized carbons (Fsp3) is 0.158. The maximum absolute atomic E-state index is 12.5. The number of pyridine rings is 1. The monoisotopic (exact) mass is 363 g/mol. The van der Waals surface area contributed by atoms with Crippen molar-refractivity contribution in [2.75, 3.05) is 6.54 Å². The topological polar surface area (TPSA) is 72.2 Å². The summed E-state index contributed by atoms with van der Waals surface area (Å²) in [6.07, 6.45) is 7.84. The Morgan fingerprint density at radius 2 is 2.19 bits per heavy atom. The number of thiazole rings is 1. The molecule has 0 aromatic carbocycles. The van der Waals surface area contributed by atoms with Crippen molar-refractivity contribution in [1.82, 2.24) is 24.7 Å². The van der Waals surface area contributed by atoms with Gasteiger partial charge in [-0.15, -0.1) is 11.3 Å². The normalized spacial score (nSPS) is 11.0. The van der Waals surface area contributed by atoms with Gasteiger partial charge in [0.25, 0.3) is 5.91 Å². The van der Waals surface area contributed by atoms with E-state index in [2.05, 4.69) is 15.3 Å². The van der Waals surface area contributed by atoms with Crippen LogP contribution < -0.4 is 5.32 Å². The third kappa shape index (κ3) is 2.97. The summed E-state index contributed by atoms with van der Waals surface area (Å²) < 4.78 is 2.00. The molecule has 6 nitrogen and oxygen atoms in total. The predicted octanol–water partition coefficient (Wildman–Crippen LogP) is 3.66. The zero-order chi connectivity index (χ0) is 17.9. The maximum Gasteiger partial charge on any atom is 0.253 e. The zero-order valence-corrected chi connectivity index (χ0v) is 15.0. The van der Waals surface area contributed by atoms with E-state index in [1.54, 1.807) is 18.6 Å². The number of amides is 1. The minimum Gasteiger partial charge on any atom is -0.352 e. The van der Waals surface area contributed by atoms with Gasteiger partial charge in [0.05, 0.1) is 28.7 Å². The first kappa shape index (κ1) is 16.4. The van der Waals surface area contributed by atoms with Crippen LogP contribution in [0.15, 0.2) is 54.4 Å². The molecule has 0 fully saturated rings. The highest BCUT2D eigenvalue weighted by Crippen LogP contribution is 2.30. The van der Waals surface area contributed by atoms with Gasteiger partial charge in [0.2, 0.25) is 0 Å². The molecule has 0 saturated carbocycles. The highest BCUT2D eigenvalue weighted by atomic mass is 32.1. The van der Waals surface area contributed by atoms with Gasteiger partial charge in [0.1, 0.15) is 10.7 Å². The summed E-state index contributed by atoms with van der Waals surface area (Å²) in [6.45, 7) is 2.69. The Kier molecular flexibility index (Phi) is 4.45. The van der Waals surface area contributed by atoms with E-state index in [1.807, 2.05) is 47.2 Å². The zero-order valence-electron chi connectivity index (χ0n) is 14.2. The molecular weight excluding hydrogens is 346 g/mol. The van der Waals surface area contributed by atoms with Gasteiger partial charge in [-0.1, -0.05) is 13.0 Å². The van der Waals surface area contributed by atoms with Crippen LogP contribution in [-0.4, -0.2) is 31.8 Å². The minimum atomic E-state index is -0.0637. The molecule has 0 unspecified atom stereocenters. The Morgan fingerprint density at radius 1 is 1.27 bits per heavy atom. The Labute approximate surface area is 154 Å². The predicted molar refractivity (Wildman–Crippen MR) is 102 cm³/mol. The number of rotatable bonds is 5. The first-order valence-electron chi connectivity index (χ1n) is 8.38. The van der Waals surface area contributed by atoms with Crippen molar-refractivity contribution in [3.8, 4) is 22.1 Å². The summed E-state index contributed by atoms with van der Waals surface area (Å²) in [7, 11) is 0. The lowest BCUT2D eigenvalue weighted by Gasteiger charge is -2.02. The fourth-order valence-corrected chi connectivity index (χ4v) is 3.56. The summed E-state index contributed by atoms with van der Waals surface area (Å²) in [5.74, 6) is -0.0637. The van der Waals surface area contributed by atoms with Crippen LogP contribution in [0.25, 0.3) is 27.6 Å². The van der Waals surface area contributed by atoms with Crippen molar-refractivity contribution in [3.05, 3.63) is 60.0 Å². The molecule has 130 valence electrons. The van der Waals surface area contributed by atoms with Crippen molar-refractivity contribution in [2.45, 2.75) is 13.3 Å². The first-order chi connectivity index (χ1) is 12.8. The van der Waals surface area contributed by atoms with Gasteiger partial charge in [0, 0.05) is 30.5 Å². The van der Waals surface area contributed by atoms with Gasteiger partial charge >= 0.3 is 0 Å². The molecular formula is C19H17N5OS. The van der Waals surface area contributed by atoms with Crippen LogP contribution in [0.2, 0.25) is 0 Å². The van der Waals surface area contributed by atoms with Crippen LogP contribution in [-0.2, 0) is 0 Å². The van der Waals surface area contributed by atoms with E-state index < -0.39 is 0 Å². The van der Waals surface area contributed by atoms with Crippen LogP contribution in [0, 0.1) is 0 Å². The molecule has 0 saturated heterocycles. The summed E-state index contributed by atoms with van der Waals surface area (Å²) in [5, 5.41) is 5.73. The van der Waals surface area contributed by atoms with Gasteiger partial charge < -0.3 is 9.72 Å². The lowest BCUT2D eigenvalue weighted by atomic mass is 10.2. The molecule has 7 heteroatoms. The number of hydrogen-bond donors (Lipinski definition) is 1. The number of carbonyl (C=O) groups is 1. The van der Waals surface area contributed by atoms with E-state index in [9.17, 15) is 4.79 Å². The second-order valence-electron chi connectivity index (χ2n) is 5.78. The maximum atomic E-state index is 12.5. The van der Waals surface area contributed by atoms with E-state index in [-0.39, 0.29) is 5.91 Å². The Morgan fingerprint density at radius 3 is 3.00 bits per heavy atom. The molecule has 4 heterocycles. The van der Waals surface area contributed by atoms with Crippen LogP contribution in [0.1, 0.15) is 23.7 Å². The first-order valence-corrected chi connectivity index (χ1v) is 9.26. The lowest BCUT2D eigenvalue weighted by Crippen LogP contribution is -2.23. The van der Waals surface area contributed by atoms with Crippen LogP contribution in [0.4, 0.5) is 0 Å². The highest BCUT2D eigenvalue weighted by molar-refractivity contribution is 7.13. The molecule has 0 bridgehead atoms. The molecule has 4 aromatic heterocycles. The van der Waals surface area contributed by atoms with Crippen LogP contribution in [0.3, 0.4) is 0 Å². The number of nitrogens with zero attached hydrogens (tertiary/aromatic N) is 4. The Bertz CT molecular complexity index is 1050. The van der Waals surface area contributed by atoms with Crippen molar-refractivity contribution in [1.29, 1.82) is 0 Å². The number of aromatic nitrogens is 4. The van der Waals surface area contributed by atoms with E-state index >= 15 is 0 Å². The van der Waals surface area contributed by atoms with E-state index in [0.717, 1.165) is 34.0 Å². The highest BCUT2D eigenvalue weighted by Gasteiger charge is 2.18. The molecule has 26 heavy (non-hydrogen) atoms. The third-order valence-corrected chi connectivity index (χ3v) is 4.87. The number of fused-ring (bicyclic) bond motifs is 1. The quantitative estimate of drug-likeness (QED) is 0.587. The molecule has 0 spiro atoms. The average Bonchev–Trinajstić information content (AvgIpc) is 3.32. The van der Waals surface area contributed by atoms with Gasteiger partial charge in [-0.2, -0.15) is 0 Å². The van der Waals surface area contributed by atoms with Gasteiger partial charge in [-0.05, 0) is 24.6 Å². The van der Waals surface area contributed by atoms with Crippen molar-refractivity contribution in [2.24, 2.45) is 0 Å². The smallest absolute Gasteiger partial charge is 0.253 e. The third-order valence-electron chi connectivity index (χ3n) is 4.01. The van der Waals surface area contributed by atoms with Gasteiger partial charge in [-0.3, -0.25) is 14.8 Å². The number of hydrogen-bond acceptors (Lipinski definition) is 5. The van der Waals surface area contributed by atoms with Crippen molar-refractivity contribution in [3.63, 3.8) is 0 Å². The standard InChI is InChI=1S/C19H17N5OS/c1-2-6-22-18(25)13-10-17(24-9-4-3-5-16(13)24)15-12-26-19(23-15)14-11-20-7-8-21-14/h3-5,7-12H,2,6H2,1H3,(H,22,25). The molecule has 1 N–H and O–H groups in total. The molecule has 0 aliphatic rings. The molecule has 0 radical (unpaired) electrons. The van der Waals surface area contributed by atoms with Crippen molar-refractivity contribution >= 4 is 22.8 Å². The number of nitrogens with one attached hydrogen (secondary N) is 1. The Balaban J connectivity index is 1.78. The lowest BCUT2D eigenvalue weighted by molar-refractivity contribution is 0.0955. The Hall–Kier alpha value is -3.06. The average molecular weight is 363 g/mol. The fourth-order valence-electron chi connectivity index (χ4n) is 2.78. The summed E-state index contributed by atoms with van der Waals surface area (Å²) in [6, 6.07) is 7.72. The second kappa shape index (κ2) is 7.05. The molecule has 4 aromatic rings. The summed E-state index contributed by atoms with van der Waals surface area (Å²) >= 11 is 1.51. The molecule has 1 amide bonds. The van der Waals surface area contributed by atoms with Gasteiger partial charge in [0.15, 0.2) is 0 Å². The second-order valence-corrected chi connectivity index (χ2v) is 6.64. The summed E-state index contributed by atoms with van der Waals surface area (Å²) in [5.41, 5.74) is 3.96. The van der Waals surface area contributed by atoms with Crippen LogP contribution >= 0.6 is 11.3 Å². The van der Waals surface area contributed by atoms with E-state index in [4.69, 9.17) is 4.98 Å². The largest absolute Gasteiger partial charge is 0.352 e. The molecule has 0 aliphatic heterocycles. The van der Waals surface area contributed by atoms with Crippen LogP contribution in [0.5, 0.6) is 0 Å².